The summed E-state index contributed by atoms with van der Waals surface area (Å²) in [6.45, 7) is 4.91. The van der Waals surface area contributed by atoms with Crippen molar-refractivity contribution in [3.8, 4) is 11.4 Å². The van der Waals surface area contributed by atoms with Crippen LogP contribution >= 0.6 is 22.6 Å². The molecule has 1 N–H and O–H groups in total. The van der Waals surface area contributed by atoms with Crippen LogP contribution in [-0.4, -0.2) is 21.5 Å². The number of nitrogens with zero attached hydrogens (tertiary/aromatic N) is 3. The summed E-state index contributed by atoms with van der Waals surface area (Å²) in [5.41, 5.74) is 2.96. The summed E-state index contributed by atoms with van der Waals surface area (Å²) in [6.07, 6.45) is 1.81. The van der Waals surface area contributed by atoms with Crippen LogP contribution in [0.2, 0.25) is 0 Å². The molecule has 0 radical (unpaired) electrons. The summed E-state index contributed by atoms with van der Waals surface area (Å²) in [6, 6.07) is 10.0. The molecule has 0 aliphatic heterocycles. The number of para-hydroxylation sites is 1. The highest BCUT2D eigenvalue weighted by Crippen LogP contribution is 2.28. The van der Waals surface area contributed by atoms with Gasteiger partial charge in [0.25, 0.3) is 0 Å². The Bertz CT molecular complexity index is 796. The zero-order valence-corrected chi connectivity index (χ0v) is 14.0. The minimum Gasteiger partial charge on any atom is -0.369 e. The van der Waals surface area contributed by atoms with Crippen LogP contribution in [0, 0.1) is 10.5 Å². The maximum Gasteiger partial charge on any atom is 0.162 e. The summed E-state index contributed by atoms with van der Waals surface area (Å²) in [5.74, 6) is 1.63. The molecule has 0 unspecified atom stereocenters. The monoisotopic (exact) mass is 390 g/mol. The second-order valence-corrected chi connectivity index (χ2v) is 5.78. The molecule has 0 aliphatic rings. The van der Waals surface area contributed by atoms with Gasteiger partial charge in [-0.2, -0.15) is 0 Å². The van der Waals surface area contributed by atoms with Crippen LogP contribution in [0.3, 0.4) is 0 Å². The van der Waals surface area contributed by atoms with E-state index in [4.69, 9.17) is 0 Å². The van der Waals surface area contributed by atoms with Crippen LogP contribution in [-0.2, 0) is 0 Å². The fourth-order valence-corrected chi connectivity index (χ4v) is 2.69. The molecule has 0 saturated heterocycles. The Labute approximate surface area is 137 Å². The molecule has 3 rings (SSSR count). The minimum absolute atomic E-state index is 0.738. The number of fused-ring (bicyclic) bond motifs is 1. The molecule has 5 heteroatoms. The fourth-order valence-electron chi connectivity index (χ4n) is 2.26. The number of anilines is 1. The van der Waals surface area contributed by atoms with E-state index in [1.165, 1.54) is 0 Å². The highest BCUT2D eigenvalue weighted by Gasteiger charge is 2.12. The van der Waals surface area contributed by atoms with E-state index in [0.29, 0.717) is 0 Å². The van der Waals surface area contributed by atoms with E-state index in [9.17, 15) is 0 Å². The van der Waals surface area contributed by atoms with Crippen LogP contribution < -0.4 is 5.32 Å². The van der Waals surface area contributed by atoms with Crippen LogP contribution in [0.5, 0.6) is 0 Å². The molecule has 4 nitrogen and oxygen atoms in total. The number of nitrogens with one attached hydrogen (secondary N) is 1. The molecule has 106 valence electrons. The van der Waals surface area contributed by atoms with Crippen molar-refractivity contribution >= 4 is 39.3 Å². The third-order valence-electron chi connectivity index (χ3n) is 3.25. The molecule has 2 aromatic heterocycles. The summed E-state index contributed by atoms with van der Waals surface area (Å²) in [4.78, 5) is 13.7. The Morgan fingerprint density at radius 1 is 1.14 bits per heavy atom. The van der Waals surface area contributed by atoms with Crippen molar-refractivity contribution in [2.24, 2.45) is 0 Å². The van der Waals surface area contributed by atoms with E-state index in [1.54, 1.807) is 6.20 Å². The number of halogens is 1. The number of rotatable bonds is 3. The van der Waals surface area contributed by atoms with E-state index in [-0.39, 0.29) is 0 Å². The molecule has 2 heterocycles. The second kappa shape index (κ2) is 5.93. The van der Waals surface area contributed by atoms with Gasteiger partial charge in [-0.3, -0.25) is 4.98 Å². The first-order chi connectivity index (χ1) is 10.2. The first-order valence-corrected chi connectivity index (χ1v) is 7.90. The number of hydrogen-bond donors (Lipinski definition) is 1. The van der Waals surface area contributed by atoms with Crippen molar-refractivity contribution in [3.63, 3.8) is 0 Å². The Hall–Kier alpha value is -1.76. The van der Waals surface area contributed by atoms with E-state index in [0.717, 1.165) is 43.9 Å². The van der Waals surface area contributed by atoms with Gasteiger partial charge in [0, 0.05) is 23.7 Å². The van der Waals surface area contributed by atoms with Crippen molar-refractivity contribution in [2.45, 2.75) is 13.8 Å². The molecular weight excluding hydrogens is 375 g/mol. The normalized spacial score (nSPS) is 10.8. The van der Waals surface area contributed by atoms with Crippen LogP contribution in [0.25, 0.3) is 22.3 Å². The van der Waals surface area contributed by atoms with Gasteiger partial charge in [0.1, 0.15) is 5.82 Å². The molecule has 3 aromatic rings. The number of aromatic nitrogens is 3. The number of hydrogen-bond acceptors (Lipinski definition) is 4. The van der Waals surface area contributed by atoms with E-state index < -0.39 is 0 Å². The van der Waals surface area contributed by atoms with E-state index >= 15 is 0 Å². The Balaban J connectivity index is 2.23. The van der Waals surface area contributed by atoms with Crippen molar-refractivity contribution in [1.29, 1.82) is 0 Å². The van der Waals surface area contributed by atoms with Crippen molar-refractivity contribution in [3.05, 3.63) is 45.8 Å². The van der Waals surface area contributed by atoms with Gasteiger partial charge in [-0.25, -0.2) is 9.97 Å². The first kappa shape index (κ1) is 14.2. The van der Waals surface area contributed by atoms with Crippen molar-refractivity contribution in [2.75, 3.05) is 11.9 Å². The minimum atomic E-state index is 0.738. The van der Waals surface area contributed by atoms with Crippen LogP contribution in [0.15, 0.2) is 36.5 Å². The molecule has 0 amide bonds. The highest BCUT2D eigenvalue weighted by molar-refractivity contribution is 14.1. The van der Waals surface area contributed by atoms with Gasteiger partial charge in [0.05, 0.1) is 14.8 Å². The third-order valence-corrected chi connectivity index (χ3v) is 4.54. The number of aryl methyl sites for hydroxylation is 1. The molecule has 0 bridgehead atoms. The average Bonchev–Trinajstić information content (AvgIpc) is 2.51. The zero-order valence-electron chi connectivity index (χ0n) is 11.9. The smallest absolute Gasteiger partial charge is 0.162 e. The van der Waals surface area contributed by atoms with Gasteiger partial charge >= 0.3 is 0 Å². The molecular formula is C16H15IN4. The highest BCUT2D eigenvalue weighted by atomic mass is 127. The summed E-state index contributed by atoms with van der Waals surface area (Å²) in [7, 11) is 0. The predicted molar refractivity (Wildman–Crippen MR) is 94.4 cm³/mol. The predicted octanol–water partition coefficient (Wildman–Crippen LogP) is 4.04. The van der Waals surface area contributed by atoms with Gasteiger partial charge in [-0.1, -0.05) is 18.2 Å². The van der Waals surface area contributed by atoms with Crippen molar-refractivity contribution < 1.29 is 0 Å². The van der Waals surface area contributed by atoms with Crippen LogP contribution in [0.4, 0.5) is 5.82 Å². The molecule has 0 saturated carbocycles. The van der Waals surface area contributed by atoms with Crippen molar-refractivity contribution in [1.82, 2.24) is 15.0 Å². The number of pyridine rings is 1. The first-order valence-electron chi connectivity index (χ1n) is 6.83. The lowest BCUT2D eigenvalue weighted by molar-refractivity contribution is 1.06. The largest absolute Gasteiger partial charge is 0.369 e. The maximum atomic E-state index is 4.69. The zero-order chi connectivity index (χ0) is 14.8. The van der Waals surface area contributed by atoms with Gasteiger partial charge in [-0.15, -0.1) is 0 Å². The molecule has 0 spiro atoms. The molecule has 1 aromatic carbocycles. The summed E-state index contributed by atoms with van der Waals surface area (Å²) >= 11 is 2.28. The molecule has 0 atom stereocenters. The summed E-state index contributed by atoms with van der Waals surface area (Å²) in [5, 5.41) is 4.37. The van der Waals surface area contributed by atoms with Gasteiger partial charge in [-0.05, 0) is 48.6 Å². The lowest BCUT2D eigenvalue weighted by Crippen LogP contribution is -2.06. The Morgan fingerprint density at radius 3 is 2.76 bits per heavy atom. The standard InChI is InChI=1S/C16H15IN4/c1-3-18-16-14(17)10(2)20-15(21-16)12-8-9-19-13-7-5-4-6-11(12)13/h4-9H,3H2,1-2H3,(H,18,20,21). The Kier molecular flexibility index (Phi) is 4.01. The van der Waals surface area contributed by atoms with Crippen LogP contribution in [0.1, 0.15) is 12.6 Å². The van der Waals surface area contributed by atoms with Gasteiger partial charge in [0.15, 0.2) is 5.82 Å². The number of benzene rings is 1. The average molecular weight is 390 g/mol. The lowest BCUT2D eigenvalue weighted by atomic mass is 10.1. The van der Waals surface area contributed by atoms with Gasteiger partial charge in [0.2, 0.25) is 0 Å². The van der Waals surface area contributed by atoms with Gasteiger partial charge < -0.3 is 5.32 Å². The van der Waals surface area contributed by atoms with E-state index in [2.05, 4.69) is 55.8 Å². The fraction of sp³-hybridized carbons (Fsp3) is 0.188. The molecule has 21 heavy (non-hydrogen) atoms. The second-order valence-electron chi connectivity index (χ2n) is 4.70. The topological polar surface area (TPSA) is 50.7 Å². The Morgan fingerprint density at radius 2 is 1.95 bits per heavy atom. The SMILES string of the molecule is CCNc1nc(-c2ccnc3ccccc23)nc(C)c1I. The lowest BCUT2D eigenvalue weighted by Gasteiger charge is -2.11. The molecule has 0 fully saturated rings. The quantitative estimate of drug-likeness (QED) is 0.686. The van der Waals surface area contributed by atoms with E-state index in [1.807, 2.05) is 31.2 Å². The maximum absolute atomic E-state index is 4.69. The molecule has 0 aliphatic carbocycles. The summed E-state index contributed by atoms with van der Waals surface area (Å²) < 4.78 is 1.07. The third kappa shape index (κ3) is 2.70.